The highest BCUT2D eigenvalue weighted by atomic mass is 16.5. The minimum Gasteiger partial charge on any atom is -0.465 e. The van der Waals surface area contributed by atoms with Crippen molar-refractivity contribution >= 4 is 5.97 Å². The van der Waals surface area contributed by atoms with Crippen molar-refractivity contribution in [3.05, 3.63) is 0 Å². The number of carbonyl (C=O) groups is 1. The van der Waals surface area contributed by atoms with Crippen LogP contribution in [0.1, 0.15) is 34.1 Å². The molecule has 1 rings (SSSR count). The van der Waals surface area contributed by atoms with Crippen molar-refractivity contribution in [2.45, 2.75) is 34.1 Å². The summed E-state index contributed by atoms with van der Waals surface area (Å²) in [7, 11) is 0. The third-order valence-corrected chi connectivity index (χ3v) is 2.72. The van der Waals surface area contributed by atoms with Gasteiger partial charge in [-0.25, -0.2) is 0 Å². The first kappa shape index (κ1) is 16.4. The van der Waals surface area contributed by atoms with E-state index in [4.69, 9.17) is 4.74 Å². The second-order valence-corrected chi connectivity index (χ2v) is 4.02. The SMILES string of the molecule is CC.CCCN1CCN(CCOC(C)=O)CC1. The lowest BCUT2D eigenvalue weighted by Crippen LogP contribution is -2.47. The molecule has 0 aliphatic carbocycles. The Morgan fingerprint density at radius 3 is 1.94 bits per heavy atom. The molecule has 17 heavy (non-hydrogen) atoms. The van der Waals surface area contributed by atoms with Crippen LogP contribution in [-0.2, 0) is 9.53 Å². The zero-order chi connectivity index (χ0) is 13.1. The largest absolute Gasteiger partial charge is 0.465 e. The van der Waals surface area contributed by atoms with E-state index >= 15 is 0 Å². The van der Waals surface area contributed by atoms with Gasteiger partial charge in [-0.05, 0) is 13.0 Å². The van der Waals surface area contributed by atoms with Crippen LogP contribution in [0, 0.1) is 0 Å². The fraction of sp³-hybridized carbons (Fsp3) is 0.923. The fourth-order valence-electron chi connectivity index (χ4n) is 1.87. The highest BCUT2D eigenvalue weighted by molar-refractivity contribution is 5.65. The topological polar surface area (TPSA) is 32.8 Å². The maximum absolute atomic E-state index is 10.6. The van der Waals surface area contributed by atoms with E-state index in [1.165, 1.54) is 19.9 Å². The third-order valence-electron chi connectivity index (χ3n) is 2.72. The molecule has 0 aromatic rings. The molecule has 0 bridgehead atoms. The molecule has 1 aliphatic heterocycles. The summed E-state index contributed by atoms with van der Waals surface area (Å²) in [6.07, 6.45) is 1.23. The van der Waals surface area contributed by atoms with Crippen LogP contribution in [0.4, 0.5) is 0 Å². The Labute approximate surface area is 106 Å². The van der Waals surface area contributed by atoms with Crippen molar-refractivity contribution in [3.63, 3.8) is 0 Å². The number of nitrogens with zero attached hydrogens (tertiary/aromatic N) is 2. The lowest BCUT2D eigenvalue weighted by atomic mass is 10.3. The van der Waals surface area contributed by atoms with Crippen LogP contribution in [0.5, 0.6) is 0 Å². The van der Waals surface area contributed by atoms with Crippen LogP contribution in [0.2, 0.25) is 0 Å². The molecule has 0 radical (unpaired) electrons. The predicted octanol–water partition coefficient (Wildman–Crippen LogP) is 1.60. The maximum Gasteiger partial charge on any atom is 0.302 e. The Hall–Kier alpha value is -0.610. The molecule has 1 fully saturated rings. The summed E-state index contributed by atoms with van der Waals surface area (Å²) >= 11 is 0. The normalized spacial score (nSPS) is 17.2. The van der Waals surface area contributed by atoms with Crippen LogP contribution >= 0.6 is 0 Å². The first-order valence-corrected chi connectivity index (χ1v) is 6.80. The van der Waals surface area contributed by atoms with Gasteiger partial charge in [0.25, 0.3) is 0 Å². The Balaban J connectivity index is 0.00000121. The third kappa shape index (κ3) is 8.16. The van der Waals surface area contributed by atoms with Gasteiger partial charge in [-0.15, -0.1) is 0 Å². The molecule has 102 valence electrons. The van der Waals surface area contributed by atoms with Gasteiger partial charge in [0.2, 0.25) is 0 Å². The summed E-state index contributed by atoms with van der Waals surface area (Å²) in [6, 6.07) is 0. The van der Waals surface area contributed by atoms with Gasteiger partial charge in [-0.1, -0.05) is 20.8 Å². The van der Waals surface area contributed by atoms with Crippen molar-refractivity contribution < 1.29 is 9.53 Å². The number of hydrogen-bond donors (Lipinski definition) is 0. The first-order chi connectivity index (χ1) is 8.22. The van der Waals surface area contributed by atoms with Gasteiger partial charge < -0.3 is 9.64 Å². The average molecular weight is 244 g/mol. The Kier molecular flexibility index (Phi) is 10.2. The summed E-state index contributed by atoms with van der Waals surface area (Å²) in [5.74, 6) is -0.181. The van der Waals surface area contributed by atoms with Crippen LogP contribution < -0.4 is 0 Å². The Bertz CT molecular complexity index is 190. The highest BCUT2D eigenvalue weighted by Crippen LogP contribution is 2.01. The summed E-state index contributed by atoms with van der Waals surface area (Å²) < 4.78 is 4.92. The fourth-order valence-corrected chi connectivity index (χ4v) is 1.87. The number of ether oxygens (including phenoxy) is 1. The van der Waals surface area contributed by atoms with E-state index in [9.17, 15) is 4.79 Å². The summed E-state index contributed by atoms with van der Waals surface area (Å²) in [4.78, 5) is 15.4. The van der Waals surface area contributed by atoms with E-state index in [2.05, 4.69) is 16.7 Å². The second kappa shape index (κ2) is 10.5. The maximum atomic E-state index is 10.6. The molecular weight excluding hydrogens is 216 g/mol. The number of hydrogen-bond acceptors (Lipinski definition) is 4. The van der Waals surface area contributed by atoms with Crippen molar-refractivity contribution in [1.29, 1.82) is 0 Å². The van der Waals surface area contributed by atoms with Gasteiger partial charge >= 0.3 is 5.97 Å². The summed E-state index contributed by atoms with van der Waals surface area (Å²) in [6.45, 7) is 14.8. The molecular formula is C13H28N2O2. The molecule has 0 N–H and O–H groups in total. The van der Waals surface area contributed by atoms with E-state index in [1.54, 1.807) is 0 Å². The van der Waals surface area contributed by atoms with Gasteiger partial charge in [0, 0.05) is 39.6 Å². The molecule has 0 amide bonds. The minimum atomic E-state index is -0.181. The van der Waals surface area contributed by atoms with Crippen LogP contribution in [0.25, 0.3) is 0 Å². The van der Waals surface area contributed by atoms with E-state index in [-0.39, 0.29) is 5.97 Å². The summed E-state index contributed by atoms with van der Waals surface area (Å²) in [5, 5.41) is 0. The zero-order valence-corrected chi connectivity index (χ0v) is 11.9. The monoisotopic (exact) mass is 244 g/mol. The summed E-state index contributed by atoms with van der Waals surface area (Å²) in [5.41, 5.74) is 0. The molecule has 0 aromatic carbocycles. The number of rotatable bonds is 5. The van der Waals surface area contributed by atoms with Crippen LogP contribution in [-0.4, -0.2) is 61.6 Å². The number of carbonyl (C=O) groups excluding carboxylic acids is 1. The second-order valence-electron chi connectivity index (χ2n) is 4.02. The number of esters is 1. The molecule has 0 atom stereocenters. The predicted molar refractivity (Wildman–Crippen MR) is 71.2 cm³/mol. The van der Waals surface area contributed by atoms with Crippen molar-refractivity contribution in [2.24, 2.45) is 0 Å². The lowest BCUT2D eigenvalue weighted by molar-refractivity contribution is -0.141. The lowest BCUT2D eigenvalue weighted by Gasteiger charge is -2.34. The molecule has 4 heteroatoms. The average Bonchev–Trinajstić information content (AvgIpc) is 2.34. The standard InChI is InChI=1S/C11H22N2O2.C2H6/c1-3-4-12-5-7-13(8-6-12)9-10-15-11(2)14;1-2/h3-10H2,1-2H3;1-2H3. The van der Waals surface area contributed by atoms with Gasteiger partial charge in [-0.3, -0.25) is 9.69 Å². The Morgan fingerprint density at radius 2 is 1.53 bits per heavy atom. The Morgan fingerprint density at radius 1 is 1.06 bits per heavy atom. The molecule has 1 heterocycles. The van der Waals surface area contributed by atoms with E-state index in [0.717, 1.165) is 32.7 Å². The van der Waals surface area contributed by atoms with Crippen molar-refractivity contribution in [2.75, 3.05) is 45.9 Å². The molecule has 0 unspecified atom stereocenters. The van der Waals surface area contributed by atoms with E-state index in [1.807, 2.05) is 13.8 Å². The number of piperazine rings is 1. The van der Waals surface area contributed by atoms with Crippen LogP contribution in [0.15, 0.2) is 0 Å². The minimum absolute atomic E-state index is 0.181. The molecule has 4 nitrogen and oxygen atoms in total. The zero-order valence-electron chi connectivity index (χ0n) is 11.9. The first-order valence-electron chi connectivity index (χ1n) is 6.80. The molecule has 1 aliphatic rings. The van der Waals surface area contributed by atoms with Crippen molar-refractivity contribution in [1.82, 2.24) is 9.80 Å². The highest BCUT2D eigenvalue weighted by Gasteiger charge is 2.15. The molecule has 0 aromatic heterocycles. The van der Waals surface area contributed by atoms with E-state index < -0.39 is 0 Å². The van der Waals surface area contributed by atoms with Crippen molar-refractivity contribution in [3.8, 4) is 0 Å². The van der Waals surface area contributed by atoms with Crippen LogP contribution in [0.3, 0.4) is 0 Å². The van der Waals surface area contributed by atoms with Gasteiger partial charge in [0.1, 0.15) is 6.61 Å². The van der Waals surface area contributed by atoms with Gasteiger partial charge in [0.05, 0.1) is 0 Å². The van der Waals surface area contributed by atoms with Gasteiger partial charge in [0.15, 0.2) is 0 Å². The van der Waals surface area contributed by atoms with E-state index in [0.29, 0.717) is 6.61 Å². The smallest absolute Gasteiger partial charge is 0.302 e. The molecule has 0 saturated carbocycles. The van der Waals surface area contributed by atoms with Gasteiger partial charge in [-0.2, -0.15) is 0 Å². The quantitative estimate of drug-likeness (QED) is 0.688. The molecule has 0 spiro atoms. The molecule has 1 saturated heterocycles.